The molecule has 0 aromatic carbocycles. The third-order valence-corrected chi connectivity index (χ3v) is 12.9. The van der Waals surface area contributed by atoms with Gasteiger partial charge in [-0.3, -0.25) is 4.79 Å². The number of carbonyl (C=O) groups excluding carboxylic acids is 2. The zero-order valence-corrected chi connectivity index (χ0v) is 25.8. The molecule has 2 N–H and O–H groups in total. The van der Waals surface area contributed by atoms with Crippen LogP contribution >= 0.6 is 0 Å². The maximum atomic E-state index is 13.5. The Morgan fingerprint density at radius 3 is 2.72 bits per heavy atom. The SMILES string of the molecule is CC(=O)OC1C(c2ccc(=O)oc2)C2(CO)CCC3C(CCC4CC(N(C)C(=O)N5CCCNCC5)CCC43C)C23OC13. The number of esters is 1. The third kappa shape index (κ3) is 4.26. The van der Waals surface area contributed by atoms with Crippen LogP contribution in [-0.4, -0.2) is 90.6 Å². The van der Waals surface area contributed by atoms with Crippen molar-refractivity contribution in [2.45, 2.75) is 95.0 Å². The quantitative estimate of drug-likeness (QED) is 0.401. The van der Waals surface area contributed by atoms with Crippen molar-refractivity contribution in [2.24, 2.45) is 28.6 Å². The summed E-state index contributed by atoms with van der Waals surface area (Å²) in [7, 11) is 2.00. The summed E-state index contributed by atoms with van der Waals surface area (Å²) in [4.78, 5) is 41.6. The number of hydrogen-bond donors (Lipinski definition) is 2. The largest absolute Gasteiger partial charge is 0.459 e. The van der Waals surface area contributed by atoms with Crippen molar-refractivity contribution in [3.8, 4) is 0 Å². The van der Waals surface area contributed by atoms with Gasteiger partial charge in [-0.15, -0.1) is 0 Å². The number of carbonyl (C=O) groups is 2. The maximum absolute atomic E-state index is 13.5. The molecule has 3 heterocycles. The van der Waals surface area contributed by atoms with E-state index < -0.39 is 22.7 Å². The predicted octanol–water partition coefficient (Wildman–Crippen LogP) is 3.13. The summed E-state index contributed by atoms with van der Waals surface area (Å²) in [6.07, 6.45) is 8.52. The first kappa shape index (κ1) is 29.3. The number of nitrogens with one attached hydrogen (secondary N) is 1. The van der Waals surface area contributed by atoms with Crippen molar-refractivity contribution in [1.29, 1.82) is 0 Å². The zero-order chi connectivity index (χ0) is 30.1. The lowest BCUT2D eigenvalue weighted by Gasteiger charge is -2.61. The van der Waals surface area contributed by atoms with E-state index in [1.54, 1.807) is 6.07 Å². The molecule has 2 aliphatic heterocycles. The second-order valence-corrected chi connectivity index (χ2v) is 14.5. The molecule has 1 aromatic rings. The second kappa shape index (κ2) is 10.6. The van der Waals surface area contributed by atoms with Gasteiger partial charge in [0.05, 0.1) is 12.9 Å². The van der Waals surface area contributed by atoms with Gasteiger partial charge in [0.15, 0.2) is 0 Å². The Bertz CT molecular complexity index is 1290. The molecule has 10 unspecified atom stereocenters. The highest BCUT2D eigenvalue weighted by molar-refractivity contribution is 5.74. The van der Waals surface area contributed by atoms with E-state index in [0.717, 1.165) is 83.1 Å². The fourth-order valence-electron chi connectivity index (χ4n) is 10.9. The number of amides is 2. The molecular weight excluding hydrogens is 550 g/mol. The smallest absolute Gasteiger partial charge is 0.335 e. The van der Waals surface area contributed by atoms with E-state index in [-0.39, 0.29) is 48.0 Å². The van der Waals surface area contributed by atoms with Gasteiger partial charge in [0.1, 0.15) is 17.8 Å². The van der Waals surface area contributed by atoms with E-state index in [1.807, 2.05) is 16.8 Å². The number of nitrogens with zero attached hydrogens (tertiary/aromatic N) is 2. The molecule has 10 atom stereocenters. The Morgan fingerprint density at radius 2 is 1.98 bits per heavy atom. The highest BCUT2D eigenvalue weighted by atomic mass is 16.7. The number of urea groups is 1. The van der Waals surface area contributed by atoms with Gasteiger partial charge in [-0.1, -0.05) is 6.92 Å². The molecule has 43 heavy (non-hydrogen) atoms. The van der Waals surface area contributed by atoms with Crippen LogP contribution in [0.15, 0.2) is 27.6 Å². The van der Waals surface area contributed by atoms with Gasteiger partial charge in [-0.05, 0) is 92.7 Å². The number of ether oxygens (including phenoxy) is 2. The van der Waals surface area contributed by atoms with E-state index >= 15 is 0 Å². The summed E-state index contributed by atoms with van der Waals surface area (Å²) >= 11 is 0. The fraction of sp³-hybridized carbons (Fsp3) is 0.788. The third-order valence-electron chi connectivity index (χ3n) is 12.9. The normalized spacial score (nSPS) is 43.3. The average Bonchev–Trinajstić information content (AvgIpc) is 3.75. The second-order valence-electron chi connectivity index (χ2n) is 14.5. The van der Waals surface area contributed by atoms with E-state index in [2.05, 4.69) is 12.2 Å². The number of aliphatic hydroxyl groups is 1. The van der Waals surface area contributed by atoms with Crippen LogP contribution in [0.1, 0.15) is 76.7 Å². The molecule has 1 aromatic heterocycles. The van der Waals surface area contributed by atoms with Crippen LogP contribution in [0.25, 0.3) is 0 Å². The molecular formula is C33H47N3O7. The van der Waals surface area contributed by atoms with Gasteiger partial charge in [-0.2, -0.15) is 0 Å². The van der Waals surface area contributed by atoms with Crippen LogP contribution in [0.2, 0.25) is 0 Å². The topological polar surface area (TPSA) is 125 Å². The molecule has 6 fully saturated rings. The minimum atomic E-state index is -0.617. The summed E-state index contributed by atoms with van der Waals surface area (Å²) < 4.78 is 17.9. The van der Waals surface area contributed by atoms with Crippen LogP contribution in [-0.2, 0) is 14.3 Å². The molecule has 6 aliphatic rings. The van der Waals surface area contributed by atoms with Crippen molar-refractivity contribution >= 4 is 12.0 Å². The summed E-state index contributed by atoms with van der Waals surface area (Å²) in [6, 6.07) is 3.58. The van der Waals surface area contributed by atoms with E-state index in [1.165, 1.54) is 19.3 Å². The lowest BCUT2D eigenvalue weighted by atomic mass is 9.43. The highest BCUT2D eigenvalue weighted by Gasteiger charge is 2.86. The van der Waals surface area contributed by atoms with Gasteiger partial charge in [0, 0.05) is 57.0 Å². The van der Waals surface area contributed by atoms with Crippen LogP contribution in [0.3, 0.4) is 0 Å². The molecule has 1 spiro atoms. The van der Waals surface area contributed by atoms with Crippen molar-refractivity contribution in [3.63, 3.8) is 0 Å². The zero-order valence-electron chi connectivity index (χ0n) is 25.8. The molecule has 4 saturated carbocycles. The number of epoxide rings is 1. The van der Waals surface area contributed by atoms with E-state index in [9.17, 15) is 19.5 Å². The van der Waals surface area contributed by atoms with Crippen molar-refractivity contribution in [2.75, 3.05) is 39.8 Å². The van der Waals surface area contributed by atoms with E-state index in [0.29, 0.717) is 11.8 Å². The van der Waals surface area contributed by atoms with Gasteiger partial charge in [-0.25, -0.2) is 9.59 Å². The minimum absolute atomic E-state index is 0.0740. The predicted molar refractivity (Wildman–Crippen MR) is 157 cm³/mol. The molecule has 2 saturated heterocycles. The molecule has 10 heteroatoms. The Labute approximate surface area is 253 Å². The van der Waals surface area contributed by atoms with Crippen LogP contribution in [0, 0.1) is 28.6 Å². The Kier molecular flexibility index (Phi) is 7.21. The first-order valence-electron chi connectivity index (χ1n) is 16.4. The maximum Gasteiger partial charge on any atom is 0.335 e. The monoisotopic (exact) mass is 597 g/mol. The summed E-state index contributed by atoms with van der Waals surface area (Å²) in [5.41, 5.74) is -0.710. The number of hydrogen-bond acceptors (Lipinski definition) is 8. The van der Waals surface area contributed by atoms with Gasteiger partial charge in [0.25, 0.3) is 0 Å². The number of aliphatic hydroxyl groups excluding tert-OH is 1. The first-order valence-corrected chi connectivity index (χ1v) is 16.4. The van der Waals surface area contributed by atoms with Crippen LogP contribution < -0.4 is 10.9 Å². The van der Waals surface area contributed by atoms with Gasteiger partial charge in [0.2, 0.25) is 0 Å². The standard InChI is InChI=1S/C33H47N3O7/c1-20(38)42-28-27(21-5-8-26(39)41-18-21)32(19-37)12-10-24-25(33(32)29(28)43-33)7-6-22-17-23(9-11-31(22,24)2)35(3)30(40)36-15-4-13-34-14-16-36/h5,8,18,22-25,27-29,34,37H,4,6-7,9-17,19H2,1-3H3. The molecule has 4 aliphatic carbocycles. The molecule has 7 rings (SSSR count). The molecule has 0 radical (unpaired) electrons. The highest BCUT2D eigenvalue weighted by Crippen LogP contribution is 2.78. The van der Waals surface area contributed by atoms with E-state index in [4.69, 9.17) is 13.9 Å². The Hall–Kier alpha value is -2.43. The van der Waals surface area contributed by atoms with Crippen molar-refractivity contribution in [1.82, 2.24) is 15.1 Å². The lowest BCUT2D eigenvalue weighted by molar-refractivity contribution is -0.165. The van der Waals surface area contributed by atoms with Crippen molar-refractivity contribution in [3.05, 3.63) is 34.4 Å². The lowest BCUT2D eigenvalue weighted by Crippen LogP contribution is -2.61. The Morgan fingerprint density at radius 1 is 1.14 bits per heavy atom. The average molecular weight is 598 g/mol. The van der Waals surface area contributed by atoms with Gasteiger partial charge >= 0.3 is 17.6 Å². The van der Waals surface area contributed by atoms with Crippen LogP contribution in [0.5, 0.6) is 0 Å². The van der Waals surface area contributed by atoms with Crippen molar-refractivity contribution < 1.29 is 28.6 Å². The fourth-order valence-corrected chi connectivity index (χ4v) is 10.9. The summed E-state index contributed by atoms with van der Waals surface area (Å²) in [5, 5.41) is 14.6. The molecule has 2 amide bonds. The first-order chi connectivity index (χ1) is 20.7. The molecule has 236 valence electrons. The molecule has 10 nitrogen and oxygen atoms in total. The van der Waals surface area contributed by atoms with Crippen LogP contribution in [0.4, 0.5) is 4.79 Å². The minimum Gasteiger partial charge on any atom is -0.459 e. The number of fused-ring (bicyclic) bond motifs is 3. The van der Waals surface area contributed by atoms with Gasteiger partial charge < -0.3 is 34.1 Å². The Balaban J connectivity index is 1.14. The molecule has 0 bridgehead atoms. The number of rotatable bonds is 4. The summed E-state index contributed by atoms with van der Waals surface area (Å²) in [5.74, 6) is 0.526. The summed E-state index contributed by atoms with van der Waals surface area (Å²) in [6.45, 7) is 7.21.